The van der Waals surface area contributed by atoms with Crippen molar-refractivity contribution in [2.24, 2.45) is 0 Å². The summed E-state index contributed by atoms with van der Waals surface area (Å²) in [6.07, 6.45) is -1.09. The van der Waals surface area contributed by atoms with Gasteiger partial charge in [-0.15, -0.1) is 0 Å². The molecule has 2 aromatic carbocycles. The predicted octanol–water partition coefficient (Wildman–Crippen LogP) is 4.10. The molecule has 1 atom stereocenters. The number of hydrogen-bond donors (Lipinski definition) is 1. The van der Waals surface area contributed by atoms with Crippen LogP contribution >= 0.6 is 15.9 Å². The summed E-state index contributed by atoms with van der Waals surface area (Å²) in [5, 5.41) is 2.51. The topological polar surface area (TPSA) is 73.9 Å². The van der Waals surface area contributed by atoms with Gasteiger partial charge in [0.05, 0.1) is 19.8 Å². The van der Waals surface area contributed by atoms with Gasteiger partial charge in [0, 0.05) is 5.69 Å². The van der Waals surface area contributed by atoms with Crippen molar-refractivity contribution in [1.82, 2.24) is 0 Å². The van der Waals surface area contributed by atoms with Crippen molar-refractivity contribution in [2.75, 3.05) is 19.5 Å². The molecule has 0 aliphatic heterocycles. The van der Waals surface area contributed by atoms with Crippen molar-refractivity contribution < 1.29 is 28.2 Å². The third-order valence-electron chi connectivity index (χ3n) is 3.77. The Morgan fingerprint density at radius 1 is 1.11 bits per heavy atom. The van der Waals surface area contributed by atoms with Crippen LogP contribution in [0.2, 0.25) is 0 Å². The molecule has 2 rings (SSSR count). The molecular weight excluding hydrogens is 421 g/mol. The SMILES string of the molecule is COc1cc(C(=O)OC(C)C(=O)Nc2ccc(C)c(F)c2)cc(OC)c1Br. The first-order valence-corrected chi connectivity index (χ1v) is 8.75. The maximum absolute atomic E-state index is 13.6. The Bertz CT molecular complexity index is 846. The van der Waals surface area contributed by atoms with Crippen molar-refractivity contribution in [3.05, 3.63) is 51.7 Å². The maximum Gasteiger partial charge on any atom is 0.339 e. The van der Waals surface area contributed by atoms with Gasteiger partial charge in [-0.1, -0.05) is 6.07 Å². The summed E-state index contributed by atoms with van der Waals surface area (Å²) in [5.74, 6) is -0.979. The van der Waals surface area contributed by atoms with Gasteiger partial charge >= 0.3 is 5.97 Å². The molecule has 8 heteroatoms. The molecule has 2 aromatic rings. The quantitative estimate of drug-likeness (QED) is 0.685. The highest BCUT2D eigenvalue weighted by Crippen LogP contribution is 2.35. The van der Waals surface area contributed by atoms with Crippen LogP contribution < -0.4 is 14.8 Å². The van der Waals surface area contributed by atoms with E-state index in [4.69, 9.17) is 14.2 Å². The average molecular weight is 440 g/mol. The first kappa shape index (κ1) is 20.7. The van der Waals surface area contributed by atoms with E-state index in [-0.39, 0.29) is 11.3 Å². The molecule has 1 unspecified atom stereocenters. The molecule has 144 valence electrons. The van der Waals surface area contributed by atoms with E-state index in [2.05, 4.69) is 21.2 Å². The lowest BCUT2D eigenvalue weighted by Gasteiger charge is -2.15. The second kappa shape index (κ2) is 8.85. The lowest BCUT2D eigenvalue weighted by molar-refractivity contribution is -0.123. The smallest absolute Gasteiger partial charge is 0.339 e. The molecule has 0 aromatic heterocycles. The highest BCUT2D eigenvalue weighted by Gasteiger charge is 2.21. The van der Waals surface area contributed by atoms with Crippen LogP contribution in [-0.4, -0.2) is 32.2 Å². The van der Waals surface area contributed by atoms with Gasteiger partial charge in [-0.3, -0.25) is 4.79 Å². The number of halogens is 2. The minimum Gasteiger partial charge on any atom is -0.495 e. The van der Waals surface area contributed by atoms with E-state index in [1.807, 2.05) is 0 Å². The lowest BCUT2D eigenvalue weighted by atomic mass is 10.2. The van der Waals surface area contributed by atoms with E-state index in [9.17, 15) is 14.0 Å². The summed E-state index contributed by atoms with van der Waals surface area (Å²) in [6, 6.07) is 7.24. The minimum atomic E-state index is -1.09. The van der Waals surface area contributed by atoms with Crippen molar-refractivity contribution >= 4 is 33.5 Å². The number of aryl methyl sites for hydroxylation is 1. The van der Waals surface area contributed by atoms with E-state index in [0.29, 0.717) is 21.5 Å². The number of anilines is 1. The Labute approximate surface area is 164 Å². The summed E-state index contributed by atoms with van der Waals surface area (Å²) in [6.45, 7) is 3.04. The maximum atomic E-state index is 13.6. The van der Waals surface area contributed by atoms with Gasteiger partial charge in [0.25, 0.3) is 5.91 Å². The molecule has 0 aliphatic rings. The van der Waals surface area contributed by atoms with Crippen molar-refractivity contribution in [2.45, 2.75) is 20.0 Å². The molecule has 0 fully saturated rings. The van der Waals surface area contributed by atoms with Crippen LogP contribution in [0.5, 0.6) is 11.5 Å². The molecule has 0 saturated carbocycles. The standard InChI is InChI=1S/C19H19BrFNO5/c1-10-5-6-13(9-14(10)21)22-18(23)11(2)27-19(24)12-7-15(25-3)17(20)16(8-12)26-4/h5-9,11H,1-4H3,(H,22,23). The molecule has 0 aliphatic carbocycles. The summed E-state index contributed by atoms with van der Waals surface area (Å²) in [7, 11) is 2.90. The van der Waals surface area contributed by atoms with E-state index < -0.39 is 23.8 Å². The summed E-state index contributed by atoms with van der Waals surface area (Å²) in [5.41, 5.74) is 0.900. The number of nitrogens with one attached hydrogen (secondary N) is 1. The van der Waals surface area contributed by atoms with Crippen LogP contribution in [0, 0.1) is 12.7 Å². The predicted molar refractivity (Wildman–Crippen MR) is 102 cm³/mol. The number of carbonyl (C=O) groups excluding carboxylic acids is 2. The third-order valence-corrected chi connectivity index (χ3v) is 4.56. The van der Waals surface area contributed by atoms with Gasteiger partial charge < -0.3 is 19.5 Å². The van der Waals surface area contributed by atoms with Gasteiger partial charge in [-0.05, 0) is 59.6 Å². The zero-order valence-electron chi connectivity index (χ0n) is 15.3. The molecule has 6 nitrogen and oxygen atoms in total. The van der Waals surface area contributed by atoms with E-state index >= 15 is 0 Å². The number of ether oxygens (including phenoxy) is 3. The monoisotopic (exact) mass is 439 g/mol. The minimum absolute atomic E-state index is 0.160. The fourth-order valence-corrected chi connectivity index (χ4v) is 2.74. The van der Waals surface area contributed by atoms with Gasteiger partial charge in [-0.25, -0.2) is 9.18 Å². The normalized spacial score (nSPS) is 11.5. The zero-order chi connectivity index (χ0) is 20.1. The van der Waals surface area contributed by atoms with Crippen LogP contribution in [0.15, 0.2) is 34.8 Å². The van der Waals surface area contributed by atoms with Crippen LogP contribution in [-0.2, 0) is 9.53 Å². The number of amides is 1. The Kier molecular flexibility index (Phi) is 6.79. The number of hydrogen-bond acceptors (Lipinski definition) is 5. The van der Waals surface area contributed by atoms with E-state index in [0.717, 1.165) is 0 Å². The zero-order valence-corrected chi connectivity index (χ0v) is 16.8. The highest BCUT2D eigenvalue weighted by molar-refractivity contribution is 9.10. The summed E-state index contributed by atoms with van der Waals surface area (Å²) < 4.78 is 29.7. The Balaban J connectivity index is 2.10. The molecule has 1 N–H and O–H groups in total. The molecule has 0 radical (unpaired) electrons. The van der Waals surface area contributed by atoms with Gasteiger partial charge in [0.15, 0.2) is 6.10 Å². The summed E-state index contributed by atoms with van der Waals surface area (Å²) in [4.78, 5) is 24.6. The van der Waals surface area contributed by atoms with Crippen LogP contribution in [0.4, 0.5) is 10.1 Å². The lowest BCUT2D eigenvalue weighted by Crippen LogP contribution is -2.30. The van der Waals surface area contributed by atoms with Gasteiger partial charge in [0.1, 0.15) is 21.8 Å². The number of esters is 1. The van der Waals surface area contributed by atoms with Crippen LogP contribution in [0.1, 0.15) is 22.8 Å². The van der Waals surface area contributed by atoms with Crippen molar-refractivity contribution in [3.8, 4) is 11.5 Å². The fourth-order valence-electron chi connectivity index (χ4n) is 2.18. The Hall–Kier alpha value is -2.61. The second-order valence-electron chi connectivity index (χ2n) is 5.70. The molecule has 0 saturated heterocycles. The number of benzene rings is 2. The third kappa shape index (κ3) is 4.97. The van der Waals surface area contributed by atoms with Gasteiger partial charge in [-0.2, -0.15) is 0 Å². The fraction of sp³-hybridized carbons (Fsp3) is 0.263. The van der Waals surface area contributed by atoms with Crippen LogP contribution in [0.3, 0.4) is 0 Å². The molecule has 1 amide bonds. The van der Waals surface area contributed by atoms with Gasteiger partial charge in [0.2, 0.25) is 0 Å². The Morgan fingerprint density at radius 3 is 2.22 bits per heavy atom. The largest absolute Gasteiger partial charge is 0.495 e. The number of rotatable bonds is 6. The van der Waals surface area contributed by atoms with E-state index in [1.165, 1.54) is 39.3 Å². The molecule has 0 bridgehead atoms. The molecule has 0 spiro atoms. The second-order valence-corrected chi connectivity index (χ2v) is 6.49. The van der Waals surface area contributed by atoms with Crippen molar-refractivity contribution in [1.29, 1.82) is 0 Å². The van der Waals surface area contributed by atoms with Crippen LogP contribution in [0.25, 0.3) is 0 Å². The number of carbonyl (C=O) groups is 2. The number of methoxy groups -OCH3 is 2. The Morgan fingerprint density at radius 2 is 1.70 bits per heavy atom. The molecule has 0 heterocycles. The van der Waals surface area contributed by atoms with E-state index in [1.54, 1.807) is 19.1 Å². The average Bonchev–Trinajstić information content (AvgIpc) is 2.64. The summed E-state index contributed by atoms with van der Waals surface area (Å²) >= 11 is 3.31. The molecule has 27 heavy (non-hydrogen) atoms. The van der Waals surface area contributed by atoms with Crippen molar-refractivity contribution in [3.63, 3.8) is 0 Å². The highest BCUT2D eigenvalue weighted by atomic mass is 79.9. The first-order chi connectivity index (χ1) is 12.8. The molecular formula is C19H19BrFNO5. The first-order valence-electron chi connectivity index (χ1n) is 7.96.